The van der Waals surface area contributed by atoms with Crippen LogP contribution in [0.25, 0.3) is 0 Å². The van der Waals surface area contributed by atoms with E-state index in [0.29, 0.717) is 10.6 Å². The predicted molar refractivity (Wildman–Crippen MR) is 109 cm³/mol. The Morgan fingerprint density at radius 2 is 1.66 bits per heavy atom. The van der Waals surface area contributed by atoms with Crippen molar-refractivity contribution in [3.05, 3.63) is 11.1 Å². The summed E-state index contributed by atoms with van der Waals surface area (Å²) in [7, 11) is 0. The highest BCUT2D eigenvalue weighted by molar-refractivity contribution is 7.21. The summed E-state index contributed by atoms with van der Waals surface area (Å²) >= 11 is 1.44. The van der Waals surface area contributed by atoms with Crippen LogP contribution < -0.4 is 10.2 Å². The molecule has 0 spiro atoms. The number of fused-ring (bicyclic) bond motifs is 2. The van der Waals surface area contributed by atoms with Gasteiger partial charge in [-0.3, -0.25) is 9.59 Å². The number of thiophene rings is 1. The molecule has 8 heteroatoms. The molecule has 4 aliphatic heterocycles. The lowest BCUT2D eigenvalue weighted by Crippen LogP contribution is -2.58. The van der Waals surface area contributed by atoms with Gasteiger partial charge in [-0.1, -0.05) is 39.0 Å². The van der Waals surface area contributed by atoms with E-state index in [9.17, 15) is 18.4 Å². The summed E-state index contributed by atoms with van der Waals surface area (Å²) < 4.78 is 26.8. The average Bonchev–Trinajstić information content (AvgIpc) is 2.90. The number of halogens is 2. The van der Waals surface area contributed by atoms with Gasteiger partial charge in [-0.2, -0.15) is 0 Å². The molecular formula is C21H27F2N3O2S. The monoisotopic (exact) mass is 423 g/mol. The van der Waals surface area contributed by atoms with Crippen molar-refractivity contribution in [3.63, 3.8) is 0 Å². The third-order valence-corrected chi connectivity index (χ3v) is 9.16. The van der Waals surface area contributed by atoms with E-state index in [1.807, 2.05) is 0 Å². The number of anilines is 2. The van der Waals surface area contributed by atoms with Crippen molar-refractivity contribution in [3.8, 4) is 0 Å². The minimum atomic E-state index is -2.81. The minimum absolute atomic E-state index is 0.0797. The number of hydrogen-bond acceptors (Lipinski definition) is 4. The maximum Gasteiger partial charge on any atom is 0.282 e. The molecule has 1 aromatic rings. The Hall–Kier alpha value is -1.70. The van der Waals surface area contributed by atoms with Crippen molar-refractivity contribution in [1.29, 1.82) is 0 Å². The first-order valence-electron chi connectivity index (χ1n) is 10.3. The number of hydrogen-bond donors (Lipinski definition) is 1. The normalized spacial score (nSPS) is 26.1. The van der Waals surface area contributed by atoms with Crippen molar-refractivity contribution in [2.75, 3.05) is 36.4 Å². The maximum atomic E-state index is 13.4. The van der Waals surface area contributed by atoms with E-state index in [-0.39, 0.29) is 34.5 Å². The Bertz CT molecular complexity index is 893. The molecule has 1 aliphatic carbocycles. The Labute approximate surface area is 173 Å². The SMILES string of the molecule is CC1(C)C(C(=O)Nc2sc3c(c2C(=O)N2CC(F)(F)C2)C2CCN3CC2)C1(C)C. The van der Waals surface area contributed by atoms with Gasteiger partial charge in [0.25, 0.3) is 11.8 Å². The fourth-order valence-electron chi connectivity index (χ4n) is 5.57. The molecule has 29 heavy (non-hydrogen) atoms. The molecule has 5 aliphatic rings. The van der Waals surface area contributed by atoms with Crippen molar-refractivity contribution in [1.82, 2.24) is 4.90 Å². The number of rotatable bonds is 3. The molecule has 158 valence electrons. The van der Waals surface area contributed by atoms with Crippen molar-refractivity contribution < 1.29 is 18.4 Å². The highest BCUT2D eigenvalue weighted by atomic mass is 32.1. The van der Waals surface area contributed by atoms with E-state index in [1.54, 1.807) is 0 Å². The Morgan fingerprint density at radius 1 is 1.07 bits per heavy atom. The van der Waals surface area contributed by atoms with Crippen LogP contribution in [0.15, 0.2) is 0 Å². The third kappa shape index (κ3) is 2.60. The van der Waals surface area contributed by atoms with Crippen molar-refractivity contribution >= 4 is 33.2 Å². The minimum Gasteiger partial charge on any atom is -0.363 e. The van der Waals surface area contributed by atoms with Gasteiger partial charge < -0.3 is 15.1 Å². The van der Waals surface area contributed by atoms with Crippen LogP contribution in [0.1, 0.15) is 62.4 Å². The molecular weight excluding hydrogens is 396 g/mol. The van der Waals surface area contributed by atoms with Gasteiger partial charge >= 0.3 is 0 Å². The molecule has 5 heterocycles. The molecule has 2 bridgehead atoms. The number of likely N-dealkylation sites (tertiary alicyclic amines) is 1. The lowest BCUT2D eigenvalue weighted by molar-refractivity contribution is -0.118. The molecule has 0 atom stereocenters. The standard InChI is InChI=1S/C21H27F2N3O2S/c1-19(2)14(20(19,3)4)15(27)24-16-13(17(28)26-9-21(22,23)10-26)12-11-5-7-25(8-6-11)18(12)29-16/h11,14H,5-10H2,1-4H3,(H,24,27). The molecule has 1 N–H and O–H groups in total. The van der Waals surface area contributed by atoms with Crippen LogP contribution >= 0.6 is 11.3 Å². The summed E-state index contributed by atoms with van der Waals surface area (Å²) in [6.07, 6.45) is 1.94. The molecule has 1 aromatic heterocycles. The number of piperidine rings is 1. The first-order valence-corrected chi connectivity index (χ1v) is 11.2. The van der Waals surface area contributed by atoms with E-state index in [0.717, 1.165) is 36.5 Å². The van der Waals surface area contributed by atoms with E-state index >= 15 is 0 Å². The number of nitrogens with zero attached hydrogens (tertiary/aromatic N) is 2. The van der Waals surface area contributed by atoms with Gasteiger partial charge in [0.05, 0.1) is 23.7 Å². The van der Waals surface area contributed by atoms with Crippen LogP contribution in [-0.4, -0.2) is 48.8 Å². The number of carbonyl (C=O) groups excluding carboxylic acids is 2. The Kier molecular flexibility index (Phi) is 3.79. The summed E-state index contributed by atoms with van der Waals surface area (Å²) in [5.74, 6) is -3.12. The van der Waals surface area contributed by atoms with Gasteiger partial charge in [0, 0.05) is 24.6 Å². The number of alkyl halides is 2. The molecule has 0 radical (unpaired) electrons. The molecule has 2 amide bonds. The average molecular weight is 424 g/mol. The van der Waals surface area contributed by atoms with Crippen LogP contribution in [0.2, 0.25) is 0 Å². The van der Waals surface area contributed by atoms with E-state index in [2.05, 4.69) is 37.9 Å². The fraction of sp³-hybridized carbons (Fsp3) is 0.714. The number of carbonyl (C=O) groups is 2. The lowest BCUT2D eigenvalue weighted by Gasteiger charge is -2.42. The first-order chi connectivity index (χ1) is 13.4. The number of amides is 2. The van der Waals surface area contributed by atoms with Crippen LogP contribution in [-0.2, 0) is 4.79 Å². The zero-order valence-electron chi connectivity index (χ0n) is 17.3. The van der Waals surface area contributed by atoms with Gasteiger partial charge in [0.15, 0.2) is 0 Å². The van der Waals surface area contributed by atoms with Gasteiger partial charge in [-0.15, -0.1) is 0 Å². The lowest BCUT2D eigenvalue weighted by atomic mass is 9.83. The molecule has 3 fully saturated rings. The van der Waals surface area contributed by atoms with Crippen molar-refractivity contribution in [2.45, 2.75) is 52.4 Å². The fourth-order valence-corrected chi connectivity index (χ4v) is 6.90. The van der Waals surface area contributed by atoms with Crippen LogP contribution in [0.5, 0.6) is 0 Å². The highest BCUT2D eigenvalue weighted by Crippen LogP contribution is 2.68. The molecule has 5 nitrogen and oxygen atoms in total. The second-order valence-corrected chi connectivity index (χ2v) is 11.2. The van der Waals surface area contributed by atoms with Crippen molar-refractivity contribution in [2.24, 2.45) is 16.7 Å². The van der Waals surface area contributed by atoms with E-state index < -0.39 is 19.0 Å². The summed E-state index contributed by atoms with van der Waals surface area (Å²) in [5.41, 5.74) is 1.21. The Morgan fingerprint density at radius 3 is 2.17 bits per heavy atom. The predicted octanol–water partition coefficient (Wildman–Crippen LogP) is 4.16. The second kappa shape index (κ2) is 5.71. The van der Waals surface area contributed by atoms with Gasteiger partial charge in [-0.25, -0.2) is 8.78 Å². The van der Waals surface area contributed by atoms with Gasteiger partial charge in [0.2, 0.25) is 5.91 Å². The van der Waals surface area contributed by atoms with E-state index in [1.165, 1.54) is 16.2 Å². The maximum absolute atomic E-state index is 13.4. The number of nitrogens with one attached hydrogen (secondary N) is 1. The quantitative estimate of drug-likeness (QED) is 0.794. The van der Waals surface area contributed by atoms with Crippen LogP contribution in [0.3, 0.4) is 0 Å². The third-order valence-electron chi connectivity index (χ3n) is 7.98. The summed E-state index contributed by atoms with van der Waals surface area (Å²) in [6.45, 7) is 9.14. The zero-order chi connectivity index (χ0) is 20.9. The molecule has 2 saturated heterocycles. The van der Waals surface area contributed by atoms with Gasteiger partial charge in [0.1, 0.15) is 5.00 Å². The topological polar surface area (TPSA) is 52.7 Å². The summed E-state index contributed by atoms with van der Waals surface area (Å²) in [5, 5.41) is 4.61. The van der Waals surface area contributed by atoms with Gasteiger partial charge in [-0.05, 0) is 29.6 Å². The summed E-state index contributed by atoms with van der Waals surface area (Å²) in [4.78, 5) is 29.7. The van der Waals surface area contributed by atoms with Crippen LogP contribution in [0, 0.1) is 16.7 Å². The molecule has 6 rings (SSSR count). The molecule has 0 unspecified atom stereocenters. The molecule has 1 saturated carbocycles. The first kappa shape index (κ1) is 19.3. The van der Waals surface area contributed by atoms with E-state index in [4.69, 9.17) is 0 Å². The zero-order valence-corrected chi connectivity index (χ0v) is 18.1. The summed E-state index contributed by atoms with van der Waals surface area (Å²) in [6, 6.07) is 0. The molecule has 0 aromatic carbocycles. The highest BCUT2D eigenvalue weighted by Gasteiger charge is 2.68. The smallest absolute Gasteiger partial charge is 0.282 e. The second-order valence-electron chi connectivity index (χ2n) is 10.2. The largest absolute Gasteiger partial charge is 0.363 e. The Balaban J connectivity index is 1.50. The van der Waals surface area contributed by atoms with Crippen LogP contribution in [0.4, 0.5) is 18.8 Å².